The molecule has 0 aromatic carbocycles. The van der Waals surface area contributed by atoms with E-state index in [1.165, 1.54) is 25.3 Å². The number of carbonyl (C=O) groups excluding carboxylic acids is 3. The minimum absolute atomic E-state index is 0.00880. The van der Waals surface area contributed by atoms with Gasteiger partial charge in [-0.2, -0.15) is 0 Å². The predicted molar refractivity (Wildman–Crippen MR) is 59.8 cm³/mol. The third-order valence-corrected chi connectivity index (χ3v) is 2.80. The zero-order valence-electron chi connectivity index (χ0n) is 9.39. The highest BCUT2D eigenvalue weighted by molar-refractivity contribution is 6.27. The monoisotopic (exact) mass is 241 g/mol. The molecule has 0 aliphatic heterocycles. The van der Waals surface area contributed by atoms with Crippen molar-refractivity contribution in [3.05, 3.63) is 52.7 Å². The topological polar surface area (TPSA) is 77.2 Å². The Labute approximate surface area is 101 Å². The van der Waals surface area contributed by atoms with E-state index in [0.717, 1.165) is 0 Å². The first kappa shape index (κ1) is 10.6. The molecular weight excluding hydrogens is 234 g/mol. The van der Waals surface area contributed by atoms with Crippen molar-refractivity contribution in [1.29, 1.82) is 0 Å². The first-order chi connectivity index (χ1) is 8.59. The van der Waals surface area contributed by atoms with Crippen molar-refractivity contribution in [3.63, 3.8) is 0 Å². The normalized spacial score (nSPS) is 13.2. The molecule has 0 unspecified atom stereocenters. The van der Waals surface area contributed by atoms with Crippen LogP contribution in [0.25, 0.3) is 0 Å². The summed E-state index contributed by atoms with van der Waals surface area (Å²) in [5.74, 6) is -1.21. The maximum Gasteiger partial charge on any atom is 0.231 e. The van der Waals surface area contributed by atoms with E-state index in [0.29, 0.717) is 0 Å². The van der Waals surface area contributed by atoms with Gasteiger partial charge in [0.15, 0.2) is 17.3 Å². The minimum Gasteiger partial charge on any atom is -0.449 e. The van der Waals surface area contributed by atoms with Crippen molar-refractivity contribution in [1.82, 2.24) is 4.98 Å². The zero-order valence-corrected chi connectivity index (χ0v) is 9.39. The van der Waals surface area contributed by atoms with Crippen molar-refractivity contribution in [2.45, 2.75) is 6.92 Å². The van der Waals surface area contributed by atoms with E-state index >= 15 is 0 Å². The number of hydrogen-bond donors (Lipinski definition) is 0. The molecule has 5 heteroatoms. The molecule has 0 saturated carbocycles. The van der Waals surface area contributed by atoms with E-state index in [2.05, 4.69) is 4.98 Å². The van der Waals surface area contributed by atoms with E-state index in [1.807, 2.05) is 0 Å². The summed E-state index contributed by atoms with van der Waals surface area (Å²) in [5.41, 5.74) is 0.418. The Morgan fingerprint density at radius 3 is 2.72 bits per heavy atom. The van der Waals surface area contributed by atoms with Gasteiger partial charge in [-0.25, -0.2) is 0 Å². The van der Waals surface area contributed by atoms with Crippen LogP contribution >= 0.6 is 0 Å². The average molecular weight is 241 g/mol. The van der Waals surface area contributed by atoms with Gasteiger partial charge < -0.3 is 4.42 Å². The molecule has 0 amide bonds. The lowest BCUT2D eigenvalue weighted by atomic mass is 9.92. The summed E-state index contributed by atoms with van der Waals surface area (Å²) in [7, 11) is 0. The van der Waals surface area contributed by atoms with E-state index in [4.69, 9.17) is 4.42 Å². The fourth-order valence-corrected chi connectivity index (χ4v) is 1.92. The lowest BCUT2D eigenvalue weighted by molar-refractivity contribution is 0.0945. The summed E-state index contributed by atoms with van der Waals surface area (Å²) in [6, 6.07) is 4.39. The van der Waals surface area contributed by atoms with Gasteiger partial charge in [0, 0.05) is 13.1 Å². The standard InChI is InChI=1S/C13H7NO4/c1-6(15)9-5-8-11(16)10-7(3-2-4-14-10)12(17)13(8)18-9/h2-5H,1H3. The number of fused-ring (bicyclic) bond motifs is 2. The second kappa shape index (κ2) is 3.46. The first-order valence-electron chi connectivity index (χ1n) is 5.29. The van der Waals surface area contributed by atoms with Crippen molar-refractivity contribution in [3.8, 4) is 0 Å². The molecule has 88 valence electrons. The summed E-state index contributed by atoms with van der Waals surface area (Å²) in [5, 5.41) is 0. The van der Waals surface area contributed by atoms with Gasteiger partial charge in [-0.3, -0.25) is 19.4 Å². The lowest BCUT2D eigenvalue weighted by Crippen LogP contribution is -2.20. The molecule has 0 spiro atoms. The van der Waals surface area contributed by atoms with Gasteiger partial charge in [0.25, 0.3) is 0 Å². The van der Waals surface area contributed by atoms with Gasteiger partial charge in [-0.1, -0.05) is 0 Å². The fraction of sp³-hybridized carbons (Fsp3) is 0.0769. The summed E-state index contributed by atoms with van der Waals surface area (Å²) in [6.45, 7) is 1.31. The maximum atomic E-state index is 12.1. The largest absolute Gasteiger partial charge is 0.449 e. The maximum absolute atomic E-state index is 12.1. The SMILES string of the molecule is CC(=O)c1cc2c(o1)C(=O)c1cccnc1C2=O. The Morgan fingerprint density at radius 1 is 1.22 bits per heavy atom. The van der Waals surface area contributed by atoms with Crippen molar-refractivity contribution >= 4 is 17.3 Å². The summed E-state index contributed by atoms with van der Waals surface area (Å²) >= 11 is 0. The molecular formula is C13H7NO4. The number of ketones is 3. The van der Waals surface area contributed by atoms with Crippen LogP contribution in [-0.4, -0.2) is 22.3 Å². The van der Waals surface area contributed by atoms with Crippen LogP contribution in [0.1, 0.15) is 49.6 Å². The molecule has 0 N–H and O–H groups in total. The van der Waals surface area contributed by atoms with Gasteiger partial charge >= 0.3 is 0 Å². The first-order valence-corrected chi connectivity index (χ1v) is 5.29. The zero-order chi connectivity index (χ0) is 12.9. The Balaban J connectivity index is 2.27. The molecule has 2 aromatic rings. The summed E-state index contributed by atoms with van der Waals surface area (Å²) in [4.78, 5) is 39.3. The molecule has 2 aromatic heterocycles. The molecule has 0 fully saturated rings. The van der Waals surface area contributed by atoms with E-state index in [-0.39, 0.29) is 34.1 Å². The number of furan rings is 1. The van der Waals surface area contributed by atoms with Crippen LogP contribution in [0.15, 0.2) is 28.8 Å². The van der Waals surface area contributed by atoms with Crippen LogP contribution in [0.2, 0.25) is 0 Å². The molecule has 1 aliphatic carbocycles. The van der Waals surface area contributed by atoms with Crippen LogP contribution in [0.4, 0.5) is 0 Å². The van der Waals surface area contributed by atoms with Crippen LogP contribution in [0.5, 0.6) is 0 Å². The van der Waals surface area contributed by atoms with Gasteiger partial charge in [-0.15, -0.1) is 0 Å². The Bertz CT molecular complexity index is 659. The highest BCUT2D eigenvalue weighted by Gasteiger charge is 2.34. The van der Waals surface area contributed by atoms with Crippen LogP contribution in [-0.2, 0) is 0 Å². The number of Topliss-reactive ketones (excluding diaryl/α,β-unsaturated/α-hetero) is 1. The highest BCUT2D eigenvalue weighted by atomic mass is 16.4. The average Bonchev–Trinajstić information content (AvgIpc) is 2.81. The van der Waals surface area contributed by atoms with Crippen molar-refractivity contribution in [2.75, 3.05) is 0 Å². The fourth-order valence-electron chi connectivity index (χ4n) is 1.92. The second-order valence-corrected chi connectivity index (χ2v) is 3.97. The summed E-state index contributed by atoms with van der Waals surface area (Å²) < 4.78 is 5.16. The van der Waals surface area contributed by atoms with Gasteiger partial charge in [0.2, 0.25) is 11.6 Å². The minimum atomic E-state index is -0.416. The number of pyridine rings is 1. The Morgan fingerprint density at radius 2 is 2.00 bits per heavy atom. The summed E-state index contributed by atoms with van der Waals surface area (Å²) in [6.07, 6.45) is 1.45. The number of aromatic nitrogens is 1. The van der Waals surface area contributed by atoms with Crippen molar-refractivity contribution < 1.29 is 18.8 Å². The molecule has 3 rings (SSSR count). The van der Waals surface area contributed by atoms with Gasteiger partial charge in [-0.05, 0) is 18.2 Å². The third-order valence-electron chi connectivity index (χ3n) is 2.80. The van der Waals surface area contributed by atoms with E-state index < -0.39 is 11.6 Å². The van der Waals surface area contributed by atoms with Crippen LogP contribution in [0, 0.1) is 0 Å². The number of rotatable bonds is 1. The Kier molecular flexibility index (Phi) is 2.04. The van der Waals surface area contributed by atoms with E-state index in [9.17, 15) is 14.4 Å². The quantitative estimate of drug-likeness (QED) is 0.605. The molecule has 1 aliphatic rings. The smallest absolute Gasteiger partial charge is 0.231 e. The predicted octanol–water partition coefficient (Wildman–Crippen LogP) is 1.65. The molecule has 18 heavy (non-hydrogen) atoms. The van der Waals surface area contributed by atoms with E-state index in [1.54, 1.807) is 6.07 Å². The number of carbonyl (C=O) groups is 3. The highest BCUT2D eigenvalue weighted by Crippen LogP contribution is 2.28. The van der Waals surface area contributed by atoms with Gasteiger partial charge in [0.1, 0.15) is 5.69 Å². The molecule has 0 saturated heterocycles. The molecule has 0 radical (unpaired) electrons. The second-order valence-electron chi connectivity index (χ2n) is 3.97. The van der Waals surface area contributed by atoms with Crippen LogP contribution in [0.3, 0.4) is 0 Å². The molecule has 0 bridgehead atoms. The number of nitrogens with zero attached hydrogens (tertiary/aromatic N) is 1. The van der Waals surface area contributed by atoms with Crippen LogP contribution < -0.4 is 0 Å². The van der Waals surface area contributed by atoms with Gasteiger partial charge in [0.05, 0.1) is 11.1 Å². The molecule has 0 atom stereocenters. The molecule has 2 heterocycles. The molecule has 5 nitrogen and oxygen atoms in total. The number of hydrogen-bond acceptors (Lipinski definition) is 5. The Hall–Kier alpha value is -2.56. The van der Waals surface area contributed by atoms with Crippen molar-refractivity contribution in [2.24, 2.45) is 0 Å². The lowest BCUT2D eigenvalue weighted by Gasteiger charge is -2.10. The third kappa shape index (κ3) is 1.27.